The first kappa shape index (κ1) is 8.81. The molecule has 0 atom stereocenters. The van der Waals surface area contributed by atoms with Gasteiger partial charge in [0.25, 0.3) is 0 Å². The predicted molar refractivity (Wildman–Crippen MR) is 55.3 cm³/mol. The minimum atomic E-state index is -0.296. The lowest BCUT2D eigenvalue weighted by Crippen LogP contribution is -2.10. The van der Waals surface area contributed by atoms with Gasteiger partial charge in [-0.1, -0.05) is 18.2 Å². The Hall–Kier alpha value is -1.77. The number of esters is 1. The molecule has 1 aromatic rings. The maximum Gasteiger partial charge on any atom is 0.338 e. The van der Waals surface area contributed by atoms with Gasteiger partial charge in [0.15, 0.2) is 0 Å². The Balaban J connectivity index is 2.52. The second-order valence-corrected chi connectivity index (χ2v) is 3.04. The topological polar surface area (TPSA) is 38.3 Å². The van der Waals surface area contributed by atoms with E-state index in [1.807, 2.05) is 24.3 Å². The number of hydrogen-bond acceptors (Lipinski definition) is 3. The van der Waals surface area contributed by atoms with Crippen molar-refractivity contribution in [1.82, 2.24) is 0 Å². The summed E-state index contributed by atoms with van der Waals surface area (Å²) in [6.07, 6.45) is 3.92. The van der Waals surface area contributed by atoms with Crippen LogP contribution in [0.3, 0.4) is 0 Å². The van der Waals surface area contributed by atoms with Crippen molar-refractivity contribution in [2.45, 2.75) is 0 Å². The number of hydrogen-bond donors (Lipinski definition) is 1. The van der Waals surface area contributed by atoms with E-state index in [0.717, 1.165) is 17.8 Å². The maximum atomic E-state index is 11.4. The number of nitrogens with one attached hydrogen (secondary N) is 1. The van der Waals surface area contributed by atoms with Gasteiger partial charge in [-0.2, -0.15) is 0 Å². The van der Waals surface area contributed by atoms with Gasteiger partial charge in [-0.15, -0.1) is 0 Å². The van der Waals surface area contributed by atoms with Crippen molar-refractivity contribution in [1.29, 1.82) is 0 Å². The van der Waals surface area contributed by atoms with Crippen LogP contribution in [0.25, 0.3) is 6.08 Å². The molecule has 1 aliphatic heterocycles. The summed E-state index contributed by atoms with van der Waals surface area (Å²) in [7, 11) is 1.39. The third kappa shape index (κ3) is 1.37. The standard InChI is InChI=1S/C11H11NO2/c1-14-11(13)9-4-2-6-10-8(9)5-3-7-12-10/h2-6,12H,7H2,1H3. The third-order valence-electron chi connectivity index (χ3n) is 2.21. The molecular weight excluding hydrogens is 178 g/mol. The molecule has 1 N–H and O–H groups in total. The number of rotatable bonds is 1. The largest absolute Gasteiger partial charge is 0.465 e. The van der Waals surface area contributed by atoms with Crippen LogP contribution in [0.5, 0.6) is 0 Å². The SMILES string of the molecule is COC(=O)c1cccc2c1C=CCN2. The molecule has 0 bridgehead atoms. The number of carbonyl (C=O) groups excluding carboxylic acids is 1. The number of methoxy groups -OCH3 is 1. The Morgan fingerprint density at radius 3 is 3.14 bits per heavy atom. The summed E-state index contributed by atoms with van der Waals surface area (Å²) >= 11 is 0. The lowest BCUT2D eigenvalue weighted by atomic mass is 10.0. The van der Waals surface area contributed by atoms with E-state index in [2.05, 4.69) is 5.32 Å². The van der Waals surface area contributed by atoms with Crippen LogP contribution >= 0.6 is 0 Å². The predicted octanol–water partition coefficient (Wildman–Crippen LogP) is 1.91. The van der Waals surface area contributed by atoms with Crippen molar-refractivity contribution in [3.05, 3.63) is 35.4 Å². The highest BCUT2D eigenvalue weighted by Gasteiger charge is 2.14. The highest BCUT2D eigenvalue weighted by Crippen LogP contribution is 2.24. The smallest absolute Gasteiger partial charge is 0.338 e. The van der Waals surface area contributed by atoms with Crippen molar-refractivity contribution >= 4 is 17.7 Å². The third-order valence-corrected chi connectivity index (χ3v) is 2.21. The first-order chi connectivity index (χ1) is 6.83. The molecule has 1 heterocycles. The molecule has 3 nitrogen and oxygen atoms in total. The lowest BCUT2D eigenvalue weighted by Gasteiger charge is -2.15. The zero-order valence-corrected chi connectivity index (χ0v) is 7.91. The molecule has 14 heavy (non-hydrogen) atoms. The fourth-order valence-corrected chi connectivity index (χ4v) is 1.53. The summed E-state index contributed by atoms with van der Waals surface area (Å²) in [6, 6.07) is 5.56. The van der Waals surface area contributed by atoms with Gasteiger partial charge < -0.3 is 10.1 Å². The van der Waals surface area contributed by atoms with E-state index in [-0.39, 0.29) is 5.97 Å². The van der Waals surface area contributed by atoms with Gasteiger partial charge in [0.1, 0.15) is 0 Å². The summed E-state index contributed by atoms with van der Waals surface area (Å²) in [5, 5.41) is 3.19. The summed E-state index contributed by atoms with van der Waals surface area (Å²) < 4.78 is 4.70. The zero-order valence-electron chi connectivity index (χ0n) is 7.91. The number of ether oxygens (including phenoxy) is 1. The monoisotopic (exact) mass is 189 g/mol. The van der Waals surface area contributed by atoms with E-state index < -0.39 is 0 Å². The number of carbonyl (C=O) groups is 1. The van der Waals surface area contributed by atoms with Crippen molar-refractivity contribution < 1.29 is 9.53 Å². The van der Waals surface area contributed by atoms with E-state index in [4.69, 9.17) is 4.74 Å². The Morgan fingerprint density at radius 2 is 2.36 bits per heavy atom. The van der Waals surface area contributed by atoms with Gasteiger partial charge in [0, 0.05) is 17.8 Å². The van der Waals surface area contributed by atoms with Crippen LogP contribution in [0.15, 0.2) is 24.3 Å². The molecule has 1 aromatic carbocycles. The molecule has 0 radical (unpaired) electrons. The molecule has 2 rings (SSSR count). The highest BCUT2D eigenvalue weighted by molar-refractivity contribution is 5.96. The van der Waals surface area contributed by atoms with Crippen LogP contribution in [-0.2, 0) is 4.74 Å². The summed E-state index contributed by atoms with van der Waals surface area (Å²) in [4.78, 5) is 11.4. The van der Waals surface area contributed by atoms with E-state index in [1.165, 1.54) is 7.11 Å². The highest BCUT2D eigenvalue weighted by atomic mass is 16.5. The Labute approximate surface area is 82.4 Å². The molecule has 1 aliphatic rings. The molecule has 0 saturated carbocycles. The van der Waals surface area contributed by atoms with Crippen LogP contribution in [-0.4, -0.2) is 19.6 Å². The van der Waals surface area contributed by atoms with Gasteiger partial charge in [-0.05, 0) is 12.1 Å². The van der Waals surface area contributed by atoms with Gasteiger partial charge in [-0.3, -0.25) is 0 Å². The van der Waals surface area contributed by atoms with Crippen molar-refractivity contribution in [3.8, 4) is 0 Å². The van der Waals surface area contributed by atoms with Crippen molar-refractivity contribution in [3.63, 3.8) is 0 Å². The maximum absolute atomic E-state index is 11.4. The average molecular weight is 189 g/mol. The molecule has 0 aromatic heterocycles. The van der Waals surface area contributed by atoms with Crippen molar-refractivity contribution in [2.75, 3.05) is 19.0 Å². The van der Waals surface area contributed by atoms with Crippen LogP contribution in [0.2, 0.25) is 0 Å². The Morgan fingerprint density at radius 1 is 1.50 bits per heavy atom. The van der Waals surface area contributed by atoms with Crippen LogP contribution in [0.4, 0.5) is 5.69 Å². The molecule has 0 amide bonds. The normalized spacial score (nSPS) is 12.9. The molecule has 0 spiro atoms. The van der Waals surface area contributed by atoms with Gasteiger partial charge in [0.2, 0.25) is 0 Å². The fraction of sp³-hybridized carbons (Fsp3) is 0.182. The van der Waals surface area contributed by atoms with Crippen LogP contribution in [0.1, 0.15) is 15.9 Å². The summed E-state index contributed by atoms with van der Waals surface area (Å²) in [6.45, 7) is 0.803. The van der Waals surface area contributed by atoms with E-state index in [0.29, 0.717) is 5.56 Å². The van der Waals surface area contributed by atoms with Crippen LogP contribution in [0, 0.1) is 0 Å². The summed E-state index contributed by atoms with van der Waals surface area (Å²) in [5.74, 6) is -0.296. The minimum Gasteiger partial charge on any atom is -0.465 e. The Bertz CT molecular complexity index is 396. The number of fused-ring (bicyclic) bond motifs is 1. The first-order valence-electron chi connectivity index (χ1n) is 4.44. The van der Waals surface area contributed by atoms with Gasteiger partial charge in [0.05, 0.1) is 12.7 Å². The number of anilines is 1. The quantitative estimate of drug-likeness (QED) is 0.686. The van der Waals surface area contributed by atoms with Crippen molar-refractivity contribution in [2.24, 2.45) is 0 Å². The zero-order chi connectivity index (χ0) is 9.97. The first-order valence-corrected chi connectivity index (χ1v) is 4.44. The van der Waals surface area contributed by atoms with E-state index >= 15 is 0 Å². The molecule has 0 saturated heterocycles. The molecular formula is C11H11NO2. The van der Waals surface area contributed by atoms with Gasteiger partial charge >= 0.3 is 5.97 Å². The fourth-order valence-electron chi connectivity index (χ4n) is 1.53. The minimum absolute atomic E-state index is 0.296. The van der Waals surface area contributed by atoms with E-state index in [9.17, 15) is 4.79 Å². The molecule has 0 aliphatic carbocycles. The summed E-state index contributed by atoms with van der Waals surface area (Å²) in [5.41, 5.74) is 2.49. The lowest BCUT2D eigenvalue weighted by molar-refractivity contribution is 0.0600. The molecule has 0 unspecified atom stereocenters. The van der Waals surface area contributed by atoms with E-state index in [1.54, 1.807) is 6.07 Å². The van der Waals surface area contributed by atoms with Crippen LogP contribution < -0.4 is 5.32 Å². The second kappa shape index (κ2) is 3.54. The second-order valence-electron chi connectivity index (χ2n) is 3.04. The average Bonchev–Trinajstić information content (AvgIpc) is 2.27. The Kier molecular flexibility index (Phi) is 2.23. The number of benzene rings is 1. The van der Waals surface area contributed by atoms with Gasteiger partial charge in [-0.25, -0.2) is 4.79 Å². The molecule has 72 valence electrons. The molecule has 0 fully saturated rings. The molecule has 3 heteroatoms.